The van der Waals surface area contributed by atoms with E-state index >= 15 is 0 Å². The molecule has 2 aromatic rings. The van der Waals surface area contributed by atoms with Gasteiger partial charge >= 0.3 is 0 Å². The zero-order valence-electron chi connectivity index (χ0n) is 15.8. The van der Waals surface area contributed by atoms with E-state index in [-0.39, 0.29) is 18.4 Å². The summed E-state index contributed by atoms with van der Waals surface area (Å²) in [6, 6.07) is 11.0. The van der Waals surface area contributed by atoms with Crippen LogP contribution in [0, 0.1) is 0 Å². The first-order chi connectivity index (χ1) is 12.9. The molecule has 0 bridgehead atoms. The number of amides is 1. The number of halogens is 1. The van der Waals surface area contributed by atoms with Crippen LogP contribution in [-0.2, 0) is 11.2 Å². The molecule has 0 spiro atoms. The predicted octanol–water partition coefficient (Wildman–Crippen LogP) is 4.55. The topological polar surface area (TPSA) is 59.9 Å². The number of hydrogen-bond donors (Lipinski definition) is 1. The van der Waals surface area contributed by atoms with Crippen molar-refractivity contribution in [3.63, 3.8) is 0 Å². The van der Waals surface area contributed by atoms with Gasteiger partial charge in [-0.1, -0.05) is 11.6 Å². The number of methoxy groups -OCH3 is 1. The lowest BCUT2D eigenvalue weighted by molar-refractivity contribution is -0.120. The average molecular weight is 407 g/mol. The molecule has 0 aromatic heterocycles. The highest BCUT2D eigenvalue weighted by molar-refractivity contribution is 7.98. The van der Waals surface area contributed by atoms with Gasteiger partial charge < -0.3 is 9.47 Å². The molecule has 144 valence electrons. The summed E-state index contributed by atoms with van der Waals surface area (Å²) in [6.07, 6.45) is 3.78. The summed E-state index contributed by atoms with van der Waals surface area (Å²) in [6.45, 7) is 3.90. The Morgan fingerprint density at radius 1 is 1.26 bits per heavy atom. The van der Waals surface area contributed by atoms with E-state index < -0.39 is 0 Å². The van der Waals surface area contributed by atoms with Crippen LogP contribution in [0.4, 0.5) is 0 Å². The van der Waals surface area contributed by atoms with Crippen LogP contribution in [0.1, 0.15) is 25.0 Å². The number of benzene rings is 2. The zero-order chi connectivity index (χ0) is 19.8. The summed E-state index contributed by atoms with van der Waals surface area (Å²) >= 11 is 7.60. The van der Waals surface area contributed by atoms with Crippen LogP contribution in [-0.4, -0.2) is 31.6 Å². The number of hydrazone groups is 1. The van der Waals surface area contributed by atoms with Gasteiger partial charge in [-0.15, -0.1) is 11.8 Å². The number of rotatable bonds is 8. The van der Waals surface area contributed by atoms with Crippen molar-refractivity contribution >= 4 is 35.5 Å². The highest BCUT2D eigenvalue weighted by Crippen LogP contribution is 2.28. The van der Waals surface area contributed by atoms with Gasteiger partial charge in [0.25, 0.3) is 0 Å². The molecule has 1 amide bonds. The number of nitrogens with zero attached hydrogens (tertiary/aromatic N) is 1. The van der Waals surface area contributed by atoms with Gasteiger partial charge in [-0.3, -0.25) is 4.79 Å². The highest BCUT2D eigenvalue weighted by Gasteiger charge is 2.09. The molecule has 0 aliphatic heterocycles. The first-order valence-electron chi connectivity index (χ1n) is 8.42. The van der Waals surface area contributed by atoms with Gasteiger partial charge in [-0.2, -0.15) is 5.10 Å². The van der Waals surface area contributed by atoms with Crippen molar-refractivity contribution in [2.24, 2.45) is 5.10 Å². The molecule has 1 N–H and O–H groups in total. The maximum absolute atomic E-state index is 12.2. The van der Waals surface area contributed by atoms with E-state index in [0.29, 0.717) is 16.5 Å². The number of ether oxygens (including phenoxy) is 2. The minimum Gasteiger partial charge on any atom is -0.493 e. The standard InChI is InChI=1S/C20H23ClN2O3S/c1-13(2)26-17-7-5-14(9-18(17)25-3)12-22-23-20(24)11-15-10-16(21)6-8-19(15)27-4/h5-10,12-13H,11H2,1-4H3,(H,23,24)/b22-12-. The second-order valence-corrected chi connectivity index (χ2v) is 7.29. The summed E-state index contributed by atoms with van der Waals surface area (Å²) in [7, 11) is 1.58. The van der Waals surface area contributed by atoms with Gasteiger partial charge in [-0.25, -0.2) is 5.43 Å². The molecule has 0 aliphatic carbocycles. The lowest BCUT2D eigenvalue weighted by Gasteiger charge is -2.13. The Labute approximate surface area is 169 Å². The normalized spacial score (nSPS) is 11.0. The van der Waals surface area contributed by atoms with E-state index in [1.807, 2.05) is 44.4 Å². The third kappa shape index (κ3) is 6.48. The third-order valence-electron chi connectivity index (χ3n) is 3.55. The van der Waals surface area contributed by atoms with Crippen molar-refractivity contribution in [1.29, 1.82) is 0 Å². The summed E-state index contributed by atoms with van der Waals surface area (Å²) in [5, 5.41) is 4.63. The second kappa shape index (κ2) is 10.2. The highest BCUT2D eigenvalue weighted by atomic mass is 35.5. The fraction of sp³-hybridized carbons (Fsp3) is 0.300. The quantitative estimate of drug-likeness (QED) is 0.397. The molecule has 7 heteroatoms. The van der Waals surface area contributed by atoms with Crippen molar-refractivity contribution in [1.82, 2.24) is 5.43 Å². The first-order valence-corrected chi connectivity index (χ1v) is 10.0. The van der Waals surface area contributed by atoms with Gasteiger partial charge in [-0.05, 0) is 67.6 Å². The Kier molecular flexibility index (Phi) is 8.00. The van der Waals surface area contributed by atoms with Crippen LogP contribution in [0.2, 0.25) is 5.02 Å². The smallest absolute Gasteiger partial charge is 0.244 e. The lowest BCUT2D eigenvalue weighted by atomic mass is 10.1. The van der Waals surface area contributed by atoms with Crippen LogP contribution in [0.3, 0.4) is 0 Å². The molecule has 2 rings (SSSR count). The van der Waals surface area contributed by atoms with E-state index in [1.54, 1.807) is 37.2 Å². The SMILES string of the molecule is COc1cc(/C=N\NC(=O)Cc2cc(Cl)ccc2SC)ccc1OC(C)C. The van der Waals surface area contributed by atoms with Gasteiger partial charge in [0.15, 0.2) is 11.5 Å². The molecular formula is C20H23ClN2O3S. The van der Waals surface area contributed by atoms with E-state index in [2.05, 4.69) is 10.5 Å². The van der Waals surface area contributed by atoms with Crippen LogP contribution in [0.15, 0.2) is 46.4 Å². The largest absolute Gasteiger partial charge is 0.493 e. The number of nitrogens with one attached hydrogen (secondary N) is 1. The molecule has 0 aliphatic rings. The number of carbonyl (C=O) groups excluding carboxylic acids is 1. The molecule has 0 atom stereocenters. The molecule has 0 fully saturated rings. The van der Waals surface area contributed by atoms with Crippen LogP contribution in [0.25, 0.3) is 0 Å². The third-order valence-corrected chi connectivity index (χ3v) is 4.62. The number of carbonyl (C=O) groups is 1. The van der Waals surface area contributed by atoms with E-state index in [0.717, 1.165) is 16.0 Å². The molecule has 2 aromatic carbocycles. The Bertz CT molecular complexity index is 825. The second-order valence-electron chi connectivity index (χ2n) is 6.00. The Hall–Kier alpha value is -2.18. The Morgan fingerprint density at radius 3 is 2.70 bits per heavy atom. The summed E-state index contributed by atoms with van der Waals surface area (Å²) in [4.78, 5) is 13.2. The number of hydrogen-bond acceptors (Lipinski definition) is 5. The molecular weight excluding hydrogens is 384 g/mol. The predicted molar refractivity (Wildman–Crippen MR) is 111 cm³/mol. The van der Waals surface area contributed by atoms with Gasteiger partial charge in [0.05, 0.1) is 25.8 Å². The van der Waals surface area contributed by atoms with Crippen LogP contribution < -0.4 is 14.9 Å². The van der Waals surface area contributed by atoms with Crippen LogP contribution in [0.5, 0.6) is 11.5 Å². The summed E-state index contributed by atoms with van der Waals surface area (Å²) < 4.78 is 11.0. The fourth-order valence-electron chi connectivity index (χ4n) is 2.39. The molecule has 27 heavy (non-hydrogen) atoms. The van der Waals surface area contributed by atoms with Crippen LogP contribution >= 0.6 is 23.4 Å². The molecule has 0 unspecified atom stereocenters. The van der Waals surface area contributed by atoms with Gasteiger partial charge in [0.1, 0.15) is 0 Å². The average Bonchev–Trinajstić information content (AvgIpc) is 2.62. The molecule has 0 saturated heterocycles. The van der Waals surface area contributed by atoms with E-state index in [9.17, 15) is 4.79 Å². The summed E-state index contributed by atoms with van der Waals surface area (Å²) in [5.74, 6) is 1.07. The molecule has 5 nitrogen and oxygen atoms in total. The minimum atomic E-state index is -0.212. The van der Waals surface area contributed by atoms with Gasteiger partial charge in [0, 0.05) is 9.92 Å². The first kappa shape index (κ1) is 21.1. The van der Waals surface area contributed by atoms with E-state index in [1.165, 1.54) is 0 Å². The fourth-order valence-corrected chi connectivity index (χ4v) is 3.18. The van der Waals surface area contributed by atoms with E-state index in [4.69, 9.17) is 21.1 Å². The molecule has 0 saturated carbocycles. The monoisotopic (exact) mass is 406 g/mol. The van der Waals surface area contributed by atoms with Crippen molar-refractivity contribution in [3.8, 4) is 11.5 Å². The Balaban J connectivity index is 2.00. The van der Waals surface area contributed by atoms with Crippen molar-refractivity contribution in [2.45, 2.75) is 31.3 Å². The molecule has 0 heterocycles. The Morgan fingerprint density at radius 2 is 2.04 bits per heavy atom. The van der Waals surface area contributed by atoms with Gasteiger partial charge in [0.2, 0.25) is 5.91 Å². The lowest BCUT2D eigenvalue weighted by Crippen LogP contribution is -2.20. The maximum atomic E-state index is 12.2. The zero-order valence-corrected chi connectivity index (χ0v) is 17.4. The minimum absolute atomic E-state index is 0.0513. The number of thioether (sulfide) groups is 1. The van der Waals surface area contributed by atoms with Crippen molar-refractivity contribution < 1.29 is 14.3 Å². The van der Waals surface area contributed by atoms with Crippen molar-refractivity contribution in [2.75, 3.05) is 13.4 Å². The summed E-state index contributed by atoms with van der Waals surface area (Å²) in [5.41, 5.74) is 4.20. The maximum Gasteiger partial charge on any atom is 0.244 e. The molecule has 0 radical (unpaired) electrons. The van der Waals surface area contributed by atoms with Crippen molar-refractivity contribution in [3.05, 3.63) is 52.5 Å².